The number of hydrogen-bond acceptors (Lipinski definition) is 3. The van der Waals surface area contributed by atoms with Gasteiger partial charge in [-0.15, -0.1) is 0 Å². The summed E-state index contributed by atoms with van der Waals surface area (Å²) in [5.41, 5.74) is 5.46. The van der Waals surface area contributed by atoms with E-state index in [0.717, 1.165) is 31.0 Å². The number of nitrogens with two attached hydrogens (primary N) is 1. The molecule has 0 saturated heterocycles. The fourth-order valence-electron chi connectivity index (χ4n) is 1.69. The van der Waals surface area contributed by atoms with Crippen molar-refractivity contribution in [3.63, 3.8) is 0 Å². The molecule has 0 aliphatic carbocycles. The number of halogens is 2. The Labute approximate surface area is 112 Å². The fourth-order valence-corrected chi connectivity index (χ4v) is 3.11. The van der Waals surface area contributed by atoms with E-state index in [-0.39, 0.29) is 6.54 Å². The van der Waals surface area contributed by atoms with Gasteiger partial charge in [0.1, 0.15) is 11.6 Å². The van der Waals surface area contributed by atoms with Crippen molar-refractivity contribution in [2.75, 3.05) is 6.54 Å². The summed E-state index contributed by atoms with van der Waals surface area (Å²) in [5.74, 6) is -2.22. The second-order valence-corrected chi connectivity index (χ2v) is 5.90. The molecule has 1 aromatic carbocycles. The lowest BCUT2D eigenvalue weighted by Gasteiger charge is -2.17. The average molecular weight is 292 g/mol. The molecule has 0 aliphatic heterocycles. The lowest BCUT2D eigenvalue weighted by molar-refractivity contribution is 0.492. The third kappa shape index (κ3) is 4.22. The molecule has 0 spiro atoms. The second-order valence-electron chi connectivity index (χ2n) is 4.25. The molecule has 1 aromatic rings. The number of rotatable bonds is 7. The monoisotopic (exact) mass is 292 g/mol. The molecule has 0 bridgehead atoms. The van der Waals surface area contributed by atoms with E-state index in [0.29, 0.717) is 6.42 Å². The molecule has 0 aliphatic rings. The largest absolute Gasteiger partial charge is 0.329 e. The lowest BCUT2D eigenvalue weighted by Crippen LogP contribution is -2.40. The topological polar surface area (TPSA) is 72.2 Å². The van der Waals surface area contributed by atoms with Gasteiger partial charge in [0.25, 0.3) is 0 Å². The van der Waals surface area contributed by atoms with Gasteiger partial charge >= 0.3 is 0 Å². The molecule has 108 valence electrons. The Morgan fingerprint density at radius 2 is 1.89 bits per heavy atom. The summed E-state index contributed by atoms with van der Waals surface area (Å²) < 4.78 is 53.1. The third-order valence-electron chi connectivity index (χ3n) is 2.70. The number of hydrogen-bond donors (Lipinski definition) is 2. The van der Waals surface area contributed by atoms with Crippen molar-refractivity contribution in [2.24, 2.45) is 5.73 Å². The van der Waals surface area contributed by atoms with E-state index in [2.05, 4.69) is 4.72 Å². The first-order valence-electron chi connectivity index (χ1n) is 6.08. The van der Waals surface area contributed by atoms with E-state index in [1.165, 1.54) is 0 Å². The van der Waals surface area contributed by atoms with Gasteiger partial charge in [0, 0.05) is 12.6 Å². The summed E-state index contributed by atoms with van der Waals surface area (Å²) in [4.78, 5) is -0.954. The number of unbranched alkanes of at least 4 members (excludes halogenated alkanes) is 1. The first kappa shape index (κ1) is 16.0. The fraction of sp³-hybridized carbons (Fsp3) is 0.500. The summed E-state index contributed by atoms with van der Waals surface area (Å²) in [7, 11) is -4.24. The molecule has 0 saturated carbocycles. The van der Waals surface area contributed by atoms with Crippen LogP contribution in [0.5, 0.6) is 0 Å². The van der Waals surface area contributed by atoms with Crippen LogP contribution in [0.25, 0.3) is 0 Å². The summed E-state index contributed by atoms with van der Waals surface area (Å²) >= 11 is 0. The van der Waals surface area contributed by atoms with E-state index in [4.69, 9.17) is 5.73 Å². The molecule has 3 N–H and O–H groups in total. The smallest absolute Gasteiger partial charge is 0.246 e. The standard InChI is InChI=1S/C12H18F2N2O2S/c1-2-3-5-9(8-15)16-19(17,18)12-10(13)6-4-7-11(12)14/h4,6-7,9,16H,2-3,5,8,15H2,1H3. The van der Waals surface area contributed by atoms with Gasteiger partial charge in [0.15, 0.2) is 4.90 Å². The molecule has 1 unspecified atom stereocenters. The van der Waals surface area contributed by atoms with E-state index in [1.807, 2.05) is 6.92 Å². The molecular weight excluding hydrogens is 274 g/mol. The van der Waals surface area contributed by atoms with Gasteiger partial charge in [-0.25, -0.2) is 21.9 Å². The Balaban J connectivity index is 2.97. The molecule has 0 aromatic heterocycles. The van der Waals surface area contributed by atoms with Crippen molar-refractivity contribution >= 4 is 10.0 Å². The van der Waals surface area contributed by atoms with Gasteiger partial charge < -0.3 is 5.73 Å². The molecule has 0 amide bonds. The average Bonchev–Trinajstić information content (AvgIpc) is 2.33. The summed E-state index contributed by atoms with van der Waals surface area (Å²) in [6.07, 6.45) is 2.19. The highest BCUT2D eigenvalue weighted by molar-refractivity contribution is 7.89. The van der Waals surface area contributed by atoms with Crippen molar-refractivity contribution in [3.8, 4) is 0 Å². The molecule has 1 rings (SSSR count). The Kier molecular flexibility index (Phi) is 5.84. The first-order valence-corrected chi connectivity index (χ1v) is 7.57. The van der Waals surface area contributed by atoms with Crippen LogP contribution in [-0.4, -0.2) is 21.0 Å². The maximum absolute atomic E-state index is 13.5. The van der Waals surface area contributed by atoms with Crippen LogP contribution in [0.2, 0.25) is 0 Å². The quantitative estimate of drug-likeness (QED) is 0.804. The Hall–Kier alpha value is -1.05. The molecule has 0 fully saturated rings. The molecule has 0 heterocycles. The maximum Gasteiger partial charge on any atom is 0.246 e. The van der Waals surface area contributed by atoms with Crippen molar-refractivity contribution in [2.45, 2.75) is 37.1 Å². The van der Waals surface area contributed by atoms with Crippen LogP contribution >= 0.6 is 0 Å². The minimum Gasteiger partial charge on any atom is -0.329 e. The van der Waals surface area contributed by atoms with Gasteiger partial charge in [0.05, 0.1) is 0 Å². The molecular formula is C12H18F2N2O2S. The Morgan fingerprint density at radius 3 is 2.37 bits per heavy atom. The highest BCUT2D eigenvalue weighted by Gasteiger charge is 2.26. The number of sulfonamides is 1. The van der Waals surface area contributed by atoms with Crippen molar-refractivity contribution < 1.29 is 17.2 Å². The normalized spacial score (nSPS) is 13.5. The molecule has 4 nitrogen and oxygen atoms in total. The summed E-state index contributed by atoms with van der Waals surface area (Å²) in [6.45, 7) is 2.04. The van der Waals surface area contributed by atoms with Crippen LogP contribution < -0.4 is 10.5 Å². The SMILES string of the molecule is CCCCC(CN)NS(=O)(=O)c1c(F)cccc1F. The van der Waals surface area contributed by atoms with Crippen molar-refractivity contribution in [1.29, 1.82) is 0 Å². The minimum atomic E-state index is -4.24. The Bertz CT molecular complexity index is 500. The van der Waals surface area contributed by atoms with Crippen molar-refractivity contribution in [3.05, 3.63) is 29.8 Å². The van der Waals surface area contributed by atoms with Gasteiger partial charge in [-0.05, 0) is 18.6 Å². The third-order valence-corrected chi connectivity index (χ3v) is 4.27. The van der Waals surface area contributed by atoms with E-state index in [9.17, 15) is 17.2 Å². The molecule has 1 atom stereocenters. The number of nitrogens with one attached hydrogen (secondary N) is 1. The first-order chi connectivity index (χ1) is 8.92. The van der Waals surface area contributed by atoms with Crippen LogP contribution in [0.3, 0.4) is 0 Å². The minimum absolute atomic E-state index is 0.0787. The lowest BCUT2D eigenvalue weighted by atomic mass is 10.1. The van der Waals surface area contributed by atoms with Crippen molar-refractivity contribution in [1.82, 2.24) is 4.72 Å². The highest BCUT2D eigenvalue weighted by Crippen LogP contribution is 2.18. The van der Waals surface area contributed by atoms with Crippen LogP contribution in [0.1, 0.15) is 26.2 Å². The van der Waals surface area contributed by atoms with Crippen LogP contribution in [-0.2, 0) is 10.0 Å². The van der Waals surface area contributed by atoms with Gasteiger partial charge in [0.2, 0.25) is 10.0 Å². The predicted octanol–water partition coefficient (Wildman–Crippen LogP) is 1.76. The Morgan fingerprint density at radius 1 is 1.32 bits per heavy atom. The zero-order valence-electron chi connectivity index (χ0n) is 10.7. The maximum atomic E-state index is 13.5. The van der Waals surface area contributed by atoms with Crippen LogP contribution in [0.4, 0.5) is 8.78 Å². The summed E-state index contributed by atoms with van der Waals surface area (Å²) in [5, 5.41) is 0. The van der Waals surface area contributed by atoms with E-state index >= 15 is 0 Å². The zero-order valence-corrected chi connectivity index (χ0v) is 11.5. The predicted molar refractivity (Wildman–Crippen MR) is 69.0 cm³/mol. The van der Waals surface area contributed by atoms with Crippen LogP contribution in [0.15, 0.2) is 23.1 Å². The summed E-state index contributed by atoms with van der Waals surface area (Å²) in [6, 6.07) is 2.40. The molecule has 7 heteroatoms. The van der Waals surface area contributed by atoms with E-state index < -0.39 is 32.6 Å². The van der Waals surface area contributed by atoms with Crippen LogP contribution in [0, 0.1) is 11.6 Å². The molecule has 0 radical (unpaired) electrons. The van der Waals surface area contributed by atoms with Gasteiger partial charge in [-0.1, -0.05) is 25.8 Å². The van der Waals surface area contributed by atoms with Gasteiger partial charge in [-0.3, -0.25) is 0 Å². The van der Waals surface area contributed by atoms with E-state index in [1.54, 1.807) is 0 Å². The second kappa shape index (κ2) is 6.93. The zero-order chi connectivity index (χ0) is 14.5. The molecule has 19 heavy (non-hydrogen) atoms. The highest BCUT2D eigenvalue weighted by atomic mass is 32.2. The van der Waals surface area contributed by atoms with Gasteiger partial charge in [-0.2, -0.15) is 0 Å². The number of benzene rings is 1.